The van der Waals surface area contributed by atoms with Crippen LogP contribution in [0.1, 0.15) is 27.4 Å². The predicted octanol–water partition coefficient (Wildman–Crippen LogP) is 3.66. The molecule has 0 saturated carbocycles. The van der Waals surface area contributed by atoms with Crippen LogP contribution >= 0.6 is 15.9 Å². The van der Waals surface area contributed by atoms with Gasteiger partial charge in [0.05, 0.1) is 5.56 Å². The second-order valence-corrected chi connectivity index (χ2v) is 5.85. The number of benzene rings is 2. The van der Waals surface area contributed by atoms with E-state index >= 15 is 0 Å². The SMILES string of the molecule is O=C(NCC1Cc2ccccc21)c1ccc(Br)cc1F. The van der Waals surface area contributed by atoms with Gasteiger partial charge in [-0.3, -0.25) is 4.79 Å². The Hall–Kier alpha value is -1.68. The minimum Gasteiger partial charge on any atom is -0.351 e. The minimum absolute atomic E-state index is 0.0841. The van der Waals surface area contributed by atoms with Crippen LogP contribution in [-0.2, 0) is 6.42 Å². The van der Waals surface area contributed by atoms with E-state index in [1.54, 1.807) is 6.07 Å². The first-order chi connectivity index (χ1) is 9.65. The number of hydrogen-bond donors (Lipinski definition) is 1. The van der Waals surface area contributed by atoms with Gasteiger partial charge in [0.1, 0.15) is 5.82 Å². The number of carbonyl (C=O) groups excluding carboxylic acids is 1. The van der Waals surface area contributed by atoms with Gasteiger partial charge in [-0.1, -0.05) is 40.2 Å². The summed E-state index contributed by atoms with van der Waals surface area (Å²) >= 11 is 3.17. The number of nitrogens with one attached hydrogen (secondary N) is 1. The lowest BCUT2D eigenvalue weighted by atomic mass is 9.77. The van der Waals surface area contributed by atoms with Crippen molar-refractivity contribution in [3.63, 3.8) is 0 Å². The molecule has 1 N–H and O–H groups in total. The van der Waals surface area contributed by atoms with E-state index in [1.165, 1.54) is 23.3 Å². The molecule has 2 aromatic carbocycles. The van der Waals surface area contributed by atoms with Crippen LogP contribution in [0.2, 0.25) is 0 Å². The van der Waals surface area contributed by atoms with E-state index in [-0.39, 0.29) is 11.5 Å². The minimum atomic E-state index is -0.508. The smallest absolute Gasteiger partial charge is 0.254 e. The van der Waals surface area contributed by atoms with E-state index in [0.717, 1.165) is 6.42 Å². The van der Waals surface area contributed by atoms with Crippen molar-refractivity contribution in [2.75, 3.05) is 6.54 Å². The van der Waals surface area contributed by atoms with Crippen molar-refractivity contribution in [1.29, 1.82) is 0 Å². The molecule has 102 valence electrons. The largest absolute Gasteiger partial charge is 0.351 e. The van der Waals surface area contributed by atoms with Gasteiger partial charge in [0.2, 0.25) is 0 Å². The monoisotopic (exact) mass is 333 g/mol. The van der Waals surface area contributed by atoms with Gasteiger partial charge in [0.15, 0.2) is 0 Å². The molecular weight excluding hydrogens is 321 g/mol. The average molecular weight is 334 g/mol. The highest BCUT2D eigenvalue weighted by molar-refractivity contribution is 9.10. The van der Waals surface area contributed by atoms with E-state index in [9.17, 15) is 9.18 Å². The average Bonchev–Trinajstić information content (AvgIpc) is 2.39. The zero-order valence-electron chi connectivity index (χ0n) is 10.7. The lowest BCUT2D eigenvalue weighted by Gasteiger charge is -2.30. The highest BCUT2D eigenvalue weighted by Gasteiger charge is 2.25. The normalized spacial score (nSPS) is 16.2. The van der Waals surface area contributed by atoms with Crippen molar-refractivity contribution in [3.05, 3.63) is 69.4 Å². The van der Waals surface area contributed by atoms with Gasteiger partial charge in [-0.05, 0) is 35.7 Å². The molecule has 2 nitrogen and oxygen atoms in total. The third-order valence-corrected chi connectivity index (χ3v) is 4.14. The fraction of sp³-hybridized carbons (Fsp3) is 0.188. The second kappa shape index (κ2) is 5.37. The first-order valence-electron chi connectivity index (χ1n) is 6.46. The predicted molar refractivity (Wildman–Crippen MR) is 79.3 cm³/mol. The fourth-order valence-electron chi connectivity index (χ4n) is 2.53. The number of halogens is 2. The van der Waals surface area contributed by atoms with Crippen LogP contribution in [0.5, 0.6) is 0 Å². The Balaban J connectivity index is 1.64. The number of hydrogen-bond acceptors (Lipinski definition) is 1. The molecule has 1 unspecified atom stereocenters. The van der Waals surface area contributed by atoms with Crippen molar-refractivity contribution >= 4 is 21.8 Å². The van der Waals surface area contributed by atoms with Gasteiger partial charge < -0.3 is 5.32 Å². The molecule has 0 saturated heterocycles. The maximum atomic E-state index is 13.7. The fourth-order valence-corrected chi connectivity index (χ4v) is 2.86. The zero-order chi connectivity index (χ0) is 14.1. The summed E-state index contributed by atoms with van der Waals surface area (Å²) in [6.07, 6.45) is 0.972. The Labute approximate surface area is 125 Å². The number of rotatable bonds is 3. The maximum Gasteiger partial charge on any atom is 0.254 e. The molecule has 0 aromatic heterocycles. The Morgan fingerprint density at radius 1 is 1.30 bits per heavy atom. The van der Waals surface area contributed by atoms with Crippen LogP contribution in [0.4, 0.5) is 4.39 Å². The van der Waals surface area contributed by atoms with Gasteiger partial charge in [0, 0.05) is 16.9 Å². The standard InChI is InChI=1S/C16H13BrFNO/c17-12-5-6-14(15(18)8-12)16(20)19-9-11-7-10-3-1-2-4-13(10)11/h1-6,8,11H,7,9H2,(H,19,20). The van der Waals surface area contributed by atoms with Gasteiger partial charge in [-0.25, -0.2) is 4.39 Å². The quantitative estimate of drug-likeness (QED) is 0.912. The highest BCUT2D eigenvalue weighted by Crippen LogP contribution is 2.34. The van der Waals surface area contributed by atoms with Crippen LogP contribution in [0.3, 0.4) is 0 Å². The molecule has 0 aliphatic heterocycles. The first kappa shape index (κ1) is 13.3. The molecule has 1 amide bonds. The molecule has 1 aliphatic rings. The van der Waals surface area contributed by atoms with Crippen molar-refractivity contribution in [3.8, 4) is 0 Å². The van der Waals surface area contributed by atoms with Crippen molar-refractivity contribution in [2.45, 2.75) is 12.3 Å². The Morgan fingerprint density at radius 3 is 2.85 bits per heavy atom. The Morgan fingerprint density at radius 2 is 2.10 bits per heavy atom. The lowest BCUT2D eigenvalue weighted by Crippen LogP contribution is -2.33. The molecule has 1 atom stereocenters. The van der Waals surface area contributed by atoms with Crippen LogP contribution in [-0.4, -0.2) is 12.5 Å². The summed E-state index contributed by atoms with van der Waals surface area (Å²) in [4.78, 5) is 12.0. The highest BCUT2D eigenvalue weighted by atomic mass is 79.9. The van der Waals surface area contributed by atoms with Gasteiger partial charge >= 0.3 is 0 Å². The summed E-state index contributed by atoms with van der Waals surface area (Å²) in [7, 11) is 0. The molecule has 0 bridgehead atoms. The van der Waals surface area contributed by atoms with Crippen LogP contribution in [0.15, 0.2) is 46.9 Å². The molecule has 1 aliphatic carbocycles. The Bertz CT molecular complexity index is 671. The van der Waals surface area contributed by atoms with Gasteiger partial charge in [-0.2, -0.15) is 0 Å². The van der Waals surface area contributed by atoms with Crippen LogP contribution in [0.25, 0.3) is 0 Å². The van der Waals surface area contributed by atoms with Crippen molar-refractivity contribution in [1.82, 2.24) is 5.32 Å². The van der Waals surface area contributed by atoms with E-state index in [1.807, 2.05) is 12.1 Å². The third-order valence-electron chi connectivity index (χ3n) is 3.65. The lowest BCUT2D eigenvalue weighted by molar-refractivity contribution is 0.0946. The molecule has 0 fully saturated rings. The van der Waals surface area contributed by atoms with Crippen molar-refractivity contribution in [2.24, 2.45) is 0 Å². The Kier molecular flexibility index (Phi) is 3.57. The summed E-state index contributed by atoms with van der Waals surface area (Å²) in [5.41, 5.74) is 2.70. The molecule has 4 heteroatoms. The summed E-state index contributed by atoms with van der Waals surface area (Å²) in [5, 5.41) is 2.81. The number of amides is 1. The molecule has 0 radical (unpaired) electrons. The summed E-state index contributed by atoms with van der Waals surface area (Å²) in [5.74, 6) is -0.529. The second-order valence-electron chi connectivity index (χ2n) is 4.93. The number of fused-ring (bicyclic) bond motifs is 1. The molecule has 2 aromatic rings. The van der Waals surface area contributed by atoms with Gasteiger partial charge in [0.25, 0.3) is 5.91 Å². The molecular formula is C16H13BrFNO. The van der Waals surface area contributed by atoms with Crippen LogP contribution in [0, 0.1) is 5.82 Å². The van der Waals surface area contributed by atoms with Crippen molar-refractivity contribution < 1.29 is 9.18 Å². The van der Waals surface area contributed by atoms with E-state index < -0.39 is 5.82 Å². The van der Waals surface area contributed by atoms with E-state index in [4.69, 9.17) is 0 Å². The summed E-state index contributed by atoms with van der Waals surface area (Å²) in [6.45, 7) is 0.547. The number of carbonyl (C=O) groups is 1. The summed E-state index contributed by atoms with van der Waals surface area (Å²) in [6, 6.07) is 12.7. The molecule has 0 spiro atoms. The molecule has 0 heterocycles. The third kappa shape index (κ3) is 2.48. The maximum absolute atomic E-state index is 13.7. The molecule has 20 heavy (non-hydrogen) atoms. The first-order valence-corrected chi connectivity index (χ1v) is 7.25. The van der Waals surface area contributed by atoms with E-state index in [2.05, 4.69) is 33.4 Å². The van der Waals surface area contributed by atoms with Crippen LogP contribution < -0.4 is 5.32 Å². The zero-order valence-corrected chi connectivity index (χ0v) is 12.3. The van der Waals surface area contributed by atoms with E-state index in [0.29, 0.717) is 16.9 Å². The molecule has 3 rings (SSSR count). The topological polar surface area (TPSA) is 29.1 Å². The van der Waals surface area contributed by atoms with Gasteiger partial charge in [-0.15, -0.1) is 0 Å². The summed E-state index contributed by atoms with van der Waals surface area (Å²) < 4.78 is 14.3.